The molecule has 11 N–H and O–H groups in total. The maximum absolute atomic E-state index is 13.1. The van der Waals surface area contributed by atoms with E-state index in [4.69, 9.17) is 108 Å². The van der Waals surface area contributed by atoms with E-state index in [1.165, 1.54) is 76.7 Å². The van der Waals surface area contributed by atoms with Gasteiger partial charge in [-0.25, -0.2) is 72.8 Å². The van der Waals surface area contributed by atoms with Gasteiger partial charge >= 0.3 is 36.7 Å². The van der Waals surface area contributed by atoms with Crippen molar-refractivity contribution in [3.8, 4) is 11.8 Å². The summed E-state index contributed by atoms with van der Waals surface area (Å²) in [5, 5.41) is 24.8. The largest absolute Gasteiger partial charge is 1.00 e. The van der Waals surface area contributed by atoms with Crippen LogP contribution in [0, 0.1) is 23.7 Å². The summed E-state index contributed by atoms with van der Waals surface area (Å²) in [5.74, 6) is 3.12. The second kappa shape index (κ2) is 53.7. The van der Waals surface area contributed by atoms with Crippen molar-refractivity contribution in [3.63, 3.8) is 0 Å². The Morgan fingerprint density at radius 2 is 0.778 bits per heavy atom. The summed E-state index contributed by atoms with van der Waals surface area (Å²) in [6, 6.07) is 8.34. The van der Waals surface area contributed by atoms with Gasteiger partial charge in [-0.15, -0.1) is 0 Å². The van der Waals surface area contributed by atoms with Crippen LogP contribution < -0.4 is 81.0 Å². The minimum absolute atomic E-state index is 0. The number of rotatable bonds is 13. The smallest absolute Gasteiger partial charge is 0.857 e. The number of aliphatic hydroxyl groups is 2. The van der Waals surface area contributed by atoms with E-state index in [2.05, 4.69) is 164 Å². The summed E-state index contributed by atoms with van der Waals surface area (Å²) in [7, 11) is -7.23. The molecule has 6 fully saturated rings. The number of nitrogens with two attached hydrogens (primary N) is 3. The molecule has 6 heterocycles. The van der Waals surface area contributed by atoms with Crippen molar-refractivity contribution in [2.75, 3.05) is 34.2 Å². The topological polar surface area (TPSA) is 416 Å². The molecule has 5 saturated carbocycles. The molecule has 11 rings (SSSR count). The van der Waals surface area contributed by atoms with Crippen molar-refractivity contribution in [1.82, 2.24) is 39.1 Å². The van der Waals surface area contributed by atoms with Crippen LogP contribution in [-0.2, 0) is 48.4 Å². The summed E-state index contributed by atoms with van der Waals surface area (Å²) in [6.45, 7) is 27.7. The number of anilines is 1. The van der Waals surface area contributed by atoms with Crippen molar-refractivity contribution in [1.29, 1.82) is 0 Å². The molecule has 5 aliphatic carbocycles. The summed E-state index contributed by atoms with van der Waals surface area (Å²) in [5.41, 5.74) is 16.7. The number of aromatic nitrogens is 5. The van der Waals surface area contributed by atoms with Crippen molar-refractivity contribution in [3.05, 3.63) is 94.7 Å². The third-order valence-electron chi connectivity index (χ3n) is 20.6. The number of aliphatic hydroxyl groups excluding tert-OH is 2. The monoisotopic (exact) mass is 2100 g/mol. The SMILES string of the molecule is CC(C)(C)[Si](C)(C)Cl.CC1CCC(N)CC1.CC1CCC(NS(=O)(=O)c2cc(Br)cnc2Cl)CC1.CO.COc1ncc(B2OC(C)(C)C(C)(C)O2)cc1S(=O)(=O)NC1CCC(C)CC1.COc1ncc(Br)cc1S(=O)(=O)NC1CCC(C)CC1.C[O-].NC1CCC(O)CC1.Nc1cc(Br)cnc1Cl.O=S(=O)(Cl)c1cc(Br)cnc1Cl.[Na+]. The van der Waals surface area contributed by atoms with Crippen LogP contribution in [0.3, 0.4) is 0 Å². The molecule has 0 unspecified atom stereocenters. The van der Waals surface area contributed by atoms with E-state index < -0.39 is 64.8 Å². The fourth-order valence-electron chi connectivity index (χ4n) is 11.6. The standard InChI is InChI=1S/C19H31BN2O5S.C13H19BrN2O3S.C12H16BrClN2O2S.C7H15N.C6H15ClSi.C6H13NO.C5H2BrCl2NO2S.C5H4BrClN2.CH4O.CH3O.Na/c1-13-7-9-15(10-8-13)22-28(23,24)16-11-14(12-21-17(16)25-6)20-26-18(2,3)19(4,5)27-20;1-9-3-5-11(6-4-9)16-20(17,18)12-7-10(14)8-15-13(12)19-2;1-8-2-4-10(5-3-8)16-19(17,18)11-6-9(13)7-15-12(11)14;1-6-2-4-7(8)5-3-6;1-6(2,3)8(4,5)7;7-5-1-3-6(8)4-2-5;6-3-1-4(12(8,10)11)5(7)9-2-3;6-3-1-4(8)5(7)9-2-3;2*1-2;/h11-13,15,22H,7-10H2,1-6H3;7-9,11,16H,3-6H2,1-2H3;6-8,10,16H,2-5H2,1H3;6-7H,2-5,8H2,1H3;1-5H3;5-6,8H,1-4,7H2;1-2H;1-2H,8H2;2H,1H3;1H3;/q;;;;;;;;;-1;+1. The zero-order valence-corrected chi connectivity index (χ0v) is 86.9. The van der Waals surface area contributed by atoms with Crippen LogP contribution in [0.5, 0.6) is 11.8 Å². The molecule has 6 aliphatic rings. The molecule has 5 aromatic heterocycles. The number of nitrogens with one attached hydrogen (secondary N) is 3. The molecule has 0 aromatic carbocycles. The molecule has 0 radical (unpaired) electrons. The Hall–Kier alpha value is -0.798. The second-order valence-electron chi connectivity index (χ2n) is 31.9. The zero-order chi connectivity index (χ0) is 88.7. The number of pyridine rings is 5. The Bertz CT molecular complexity index is 4200. The van der Waals surface area contributed by atoms with Crippen molar-refractivity contribution < 1.29 is 97.3 Å². The molecule has 117 heavy (non-hydrogen) atoms. The first-order valence-corrected chi connectivity index (χ1v) is 53.3. The molecular weight excluding hydrogens is 1980 g/mol. The van der Waals surface area contributed by atoms with E-state index in [-0.39, 0.29) is 95.4 Å². The molecular formula is C75H122BBr4Cl5N11NaO15S4Si. The Morgan fingerprint density at radius 1 is 0.504 bits per heavy atom. The van der Waals surface area contributed by atoms with Gasteiger partial charge in [-0.05, 0) is 279 Å². The molecule has 1 saturated heterocycles. The number of methoxy groups -OCH3 is 2. The van der Waals surface area contributed by atoms with Crippen LogP contribution in [0.25, 0.3) is 0 Å². The molecule has 42 heteroatoms. The summed E-state index contributed by atoms with van der Waals surface area (Å²) in [6.07, 6.45) is 27.9. The molecule has 0 atom stereocenters. The van der Waals surface area contributed by atoms with Gasteiger partial charge in [0.25, 0.3) is 9.05 Å². The van der Waals surface area contributed by atoms with E-state index in [1.807, 2.05) is 27.7 Å². The van der Waals surface area contributed by atoms with Crippen molar-refractivity contribution >= 4 is 185 Å². The van der Waals surface area contributed by atoms with E-state index in [9.17, 15) is 33.7 Å². The Morgan fingerprint density at radius 3 is 1.08 bits per heavy atom. The van der Waals surface area contributed by atoms with Crippen LogP contribution >= 0.6 is 120 Å². The van der Waals surface area contributed by atoms with Crippen molar-refractivity contribution in [2.24, 2.45) is 35.1 Å². The molecule has 662 valence electrons. The van der Waals surface area contributed by atoms with Crippen LogP contribution in [0.15, 0.2) is 98.8 Å². The van der Waals surface area contributed by atoms with Gasteiger partial charge in [0.15, 0.2) is 12.5 Å². The summed E-state index contributed by atoms with van der Waals surface area (Å²) >= 11 is 35.7. The molecule has 26 nitrogen and oxygen atoms in total. The van der Waals surface area contributed by atoms with Gasteiger partial charge in [0.1, 0.15) is 29.9 Å². The predicted octanol–water partition coefficient (Wildman–Crippen LogP) is 13.4. The van der Waals surface area contributed by atoms with E-state index >= 15 is 0 Å². The average Bonchev–Trinajstić information content (AvgIpc) is 1.63. The van der Waals surface area contributed by atoms with Gasteiger partial charge in [0.05, 0.1) is 37.2 Å². The molecule has 0 bridgehead atoms. The number of hydrogen-bond acceptors (Lipinski definition) is 23. The van der Waals surface area contributed by atoms with Crippen LogP contribution in [0.1, 0.15) is 205 Å². The summed E-state index contributed by atoms with van der Waals surface area (Å²) in [4.78, 5) is 19.3. The molecule has 0 amide bonds. The van der Waals surface area contributed by atoms with Crippen LogP contribution in [0.2, 0.25) is 33.6 Å². The van der Waals surface area contributed by atoms with Gasteiger partial charge in [0, 0.05) is 102 Å². The third kappa shape index (κ3) is 41.2. The number of sulfonamides is 3. The van der Waals surface area contributed by atoms with E-state index in [0.717, 1.165) is 127 Å². The number of nitrogen functional groups attached to an aromatic ring is 1. The van der Waals surface area contributed by atoms with E-state index in [1.54, 1.807) is 24.5 Å². The number of hydrogen-bond donors (Lipinski definition) is 8. The molecule has 0 spiro atoms. The Kier molecular flexibility index (Phi) is 52.5. The second-order valence-corrected chi connectivity index (χ2v) is 51.5. The average molecular weight is 2100 g/mol. The quantitative estimate of drug-likeness (QED) is 0.0235. The Labute approximate surface area is 778 Å². The van der Waals surface area contributed by atoms with Gasteiger partial charge in [-0.3, -0.25) is 0 Å². The fourth-order valence-corrected chi connectivity index (χ4v) is 19.6. The normalized spacial score (nSPS) is 22.9. The summed E-state index contributed by atoms with van der Waals surface area (Å²) < 4.78 is 131. The minimum atomic E-state index is -3.81. The third-order valence-corrected chi connectivity index (χ3v) is 34.7. The van der Waals surface area contributed by atoms with Crippen molar-refractivity contribution in [2.45, 2.75) is 290 Å². The van der Waals surface area contributed by atoms with Gasteiger partial charge in [-0.2, -0.15) is 18.2 Å². The molecule has 5 aromatic rings. The minimum Gasteiger partial charge on any atom is -0.857 e. The van der Waals surface area contributed by atoms with Gasteiger partial charge in [0.2, 0.25) is 41.8 Å². The number of nitrogens with zero attached hydrogens (tertiary/aromatic N) is 5. The first-order chi connectivity index (χ1) is 53.7. The van der Waals surface area contributed by atoms with E-state index in [0.29, 0.717) is 64.6 Å². The number of halogens is 9. The Balaban J connectivity index is 0.000000692. The van der Waals surface area contributed by atoms with Crippen LogP contribution in [-0.4, -0.2) is 159 Å². The first kappa shape index (κ1) is 114. The van der Waals surface area contributed by atoms with Crippen LogP contribution in [0.4, 0.5) is 5.69 Å². The molecule has 1 aliphatic heterocycles. The fraction of sp³-hybridized carbons (Fsp3) is 0.667. The van der Waals surface area contributed by atoms with Gasteiger partial charge < -0.3 is 51.3 Å². The maximum atomic E-state index is 13.1. The van der Waals surface area contributed by atoms with Gasteiger partial charge in [-0.1, -0.05) is 96.4 Å². The number of ether oxygens (including phenoxy) is 2. The predicted molar refractivity (Wildman–Crippen MR) is 484 cm³/mol. The zero-order valence-electron chi connectivity index (χ0n) is 70.5. The maximum Gasteiger partial charge on any atom is 1.00 e. The first-order valence-electron chi connectivity index (χ1n) is 38.2.